The first kappa shape index (κ1) is 21.4. The lowest BCUT2D eigenvalue weighted by atomic mass is 10.0. The summed E-state index contributed by atoms with van der Waals surface area (Å²) in [6, 6.07) is 9.34. The molecule has 1 amide bonds. The number of tetrazole rings is 1. The van der Waals surface area contributed by atoms with Gasteiger partial charge in [0.2, 0.25) is 0 Å². The molecule has 158 valence electrons. The van der Waals surface area contributed by atoms with Crippen LogP contribution in [0.3, 0.4) is 0 Å². The van der Waals surface area contributed by atoms with Crippen molar-refractivity contribution in [3.8, 4) is 22.6 Å². The lowest BCUT2D eigenvalue weighted by Crippen LogP contribution is -2.37. The molecule has 3 rings (SSSR count). The maximum atomic E-state index is 14.6. The molecule has 0 radical (unpaired) electrons. The number of amides is 1. The molecule has 2 N–H and O–H groups in total. The van der Waals surface area contributed by atoms with Gasteiger partial charge < -0.3 is 15.2 Å². The Hall–Kier alpha value is -3.33. The molecule has 2 aromatic carbocycles. The summed E-state index contributed by atoms with van der Waals surface area (Å²) in [7, 11) is 0. The van der Waals surface area contributed by atoms with Crippen LogP contribution in [0, 0.1) is 12.7 Å². The highest BCUT2D eigenvalue weighted by atomic mass is 19.1. The molecule has 3 aromatic rings. The Kier molecular flexibility index (Phi) is 6.41. The summed E-state index contributed by atoms with van der Waals surface area (Å²) in [6.07, 6.45) is -0.732. The van der Waals surface area contributed by atoms with Gasteiger partial charge in [-0.1, -0.05) is 26.0 Å². The van der Waals surface area contributed by atoms with Crippen LogP contribution in [0.2, 0.25) is 0 Å². The van der Waals surface area contributed by atoms with Crippen LogP contribution in [-0.4, -0.2) is 44.1 Å². The van der Waals surface area contributed by atoms with E-state index in [2.05, 4.69) is 20.8 Å². The number of carbonyl (C=O) groups excluding carboxylic acids is 1. The first-order valence-corrected chi connectivity index (χ1v) is 9.58. The number of aryl methyl sites for hydroxylation is 1. The number of aliphatic hydroxyl groups is 1. The molecule has 1 atom stereocenters. The molecule has 0 aliphatic heterocycles. The van der Waals surface area contributed by atoms with E-state index in [0.29, 0.717) is 22.6 Å². The zero-order valence-corrected chi connectivity index (χ0v) is 17.3. The Morgan fingerprint density at radius 2 is 2.00 bits per heavy atom. The van der Waals surface area contributed by atoms with Crippen LogP contribution in [0.4, 0.5) is 9.18 Å². The Balaban J connectivity index is 2.08. The molecule has 0 aliphatic carbocycles. The van der Waals surface area contributed by atoms with E-state index in [9.17, 15) is 9.18 Å². The highest BCUT2D eigenvalue weighted by Gasteiger charge is 2.17. The van der Waals surface area contributed by atoms with Crippen molar-refractivity contribution in [2.45, 2.75) is 39.7 Å². The summed E-state index contributed by atoms with van der Waals surface area (Å²) in [5, 5.41) is 23.4. The average Bonchev–Trinajstić information content (AvgIpc) is 3.17. The van der Waals surface area contributed by atoms with Crippen molar-refractivity contribution in [3.05, 3.63) is 53.6 Å². The molecule has 0 aliphatic rings. The van der Waals surface area contributed by atoms with Gasteiger partial charge in [-0.15, -0.1) is 5.10 Å². The fourth-order valence-electron chi connectivity index (χ4n) is 2.90. The number of aromatic nitrogens is 4. The van der Waals surface area contributed by atoms with Gasteiger partial charge in [0.15, 0.2) is 5.82 Å². The zero-order chi connectivity index (χ0) is 21.8. The van der Waals surface area contributed by atoms with E-state index in [1.165, 1.54) is 10.7 Å². The summed E-state index contributed by atoms with van der Waals surface area (Å²) in [5.41, 5.74) is 2.19. The van der Waals surface area contributed by atoms with Crippen LogP contribution in [0.25, 0.3) is 16.8 Å². The summed E-state index contributed by atoms with van der Waals surface area (Å²) in [5.74, 6) is 0.450. The smallest absolute Gasteiger partial charge is 0.410 e. The third-order valence-electron chi connectivity index (χ3n) is 4.43. The van der Waals surface area contributed by atoms with Gasteiger partial charge >= 0.3 is 6.09 Å². The maximum Gasteiger partial charge on any atom is 0.412 e. The molecule has 0 bridgehead atoms. The van der Waals surface area contributed by atoms with Crippen LogP contribution in [0.1, 0.15) is 38.1 Å². The van der Waals surface area contributed by atoms with Gasteiger partial charge in [-0.25, -0.2) is 9.18 Å². The normalized spacial score (nSPS) is 12.1. The van der Waals surface area contributed by atoms with Gasteiger partial charge in [0.05, 0.1) is 18.3 Å². The fraction of sp³-hybridized carbons (Fsp3) is 0.333. The Bertz CT molecular complexity index is 1050. The van der Waals surface area contributed by atoms with E-state index in [-0.39, 0.29) is 18.3 Å². The number of nitrogens with zero attached hydrogens (tertiary/aromatic N) is 4. The molecular formula is C21H24FN5O3. The predicted molar refractivity (Wildman–Crippen MR) is 109 cm³/mol. The molecule has 9 heteroatoms. The van der Waals surface area contributed by atoms with Gasteiger partial charge in [-0.2, -0.15) is 4.68 Å². The van der Waals surface area contributed by atoms with Crippen molar-refractivity contribution in [1.82, 2.24) is 25.5 Å². The number of aliphatic hydroxyl groups excluding tert-OH is 1. The summed E-state index contributed by atoms with van der Waals surface area (Å²) >= 11 is 0. The zero-order valence-electron chi connectivity index (χ0n) is 17.3. The van der Waals surface area contributed by atoms with E-state index in [0.717, 1.165) is 5.56 Å². The van der Waals surface area contributed by atoms with Crippen molar-refractivity contribution in [1.29, 1.82) is 0 Å². The lowest BCUT2D eigenvalue weighted by Gasteiger charge is -2.14. The number of hydrogen-bond donors (Lipinski definition) is 2. The first-order valence-electron chi connectivity index (χ1n) is 9.58. The van der Waals surface area contributed by atoms with Crippen LogP contribution >= 0.6 is 0 Å². The maximum absolute atomic E-state index is 14.6. The van der Waals surface area contributed by atoms with Crippen LogP contribution < -0.4 is 10.1 Å². The van der Waals surface area contributed by atoms with Crippen molar-refractivity contribution in [2.75, 3.05) is 6.61 Å². The number of halogens is 1. The van der Waals surface area contributed by atoms with Gasteiger partial charge in [0.25, 0.3) is 0 Å². The van der Waals surface area contributed by atoms with E-state index in [4.69, 9.17) is 9.84 Å². The van der Waals surface area contributed by atoms with Crippen molar-refractivity contribution in [2.24, 2.45) is 0 Å². The largest absolute Gasteiger partial charge is 0.412 e. The molecule has 0 unspecified atom stereocenters. The number of ether oxygens (including phenoxy) is 1. The molecular weight excluding hydrogens is 389 g/mol. The minimum absolute atomic E-state index is 0.0397. The number of carbonyl (C=O) groups is 1. The van der Waals surface area contributed by atoms with Gasteiger partial charge in [0.1, 0.15) is 11.6 Å². The Morgan fingerprint density at radius 1 is 1.23 bits per heavy atom. The van der Waals surface area contributed by atoms with Crippen LogP contribution in [0.5, 0.6) is 5.75 Å². The second-order valence-electron chi connectivity index (χ2n) is 7.42. The van der Waals surface area contributed by atoms with Gasteiger partial charge in [-0.05, 0) is 53.6 Å². The highest BCUT2D eigenvalue weighted by molar-refractivity contribution is 5.74. The topological polar surface area (TPSA) is 102 Å². The van der Waals surface area contributed by atoms with Gasteiger partial charge in [0, 0.05) is 17.5 Å². The minimum Gasteiger partial charge on any atom is -0.410 e. The van der Waals surface area contributed by atoms with E-state index in [1.54, 1.807) is 44.2 Å². The molecule has 1 aromatic heterocycles. The quantitative estimate of drug-likeness (QED) is 0.642. The lowest BCUT2D eigenvalue weighted by molar-refractivity contribution is 0.186. The molecule has 0 saturated heterocycles. The second kappa shape index (κ2) is 9.00. The van der Waals surface area contributed by atoms with Crippen LogP contribution in [-0.2, 0) is 0 Å². The van der Waals surface area contributed by atoms with E-state index < -0.39 is 18.0 Å². The fourth-order valence-corrected chi connectivity index (χ4v) is 2.90. The SMILES string of the molecule is Cc1ccc(-c2cc(OC(=O)N[C@@H](C)CO)cc(-n3nnnc3C(C)C)c2)c(F)c1. The molecule has 30 heavy (non-hydrogen) atoms. The number of benzene rings is 2. The first-order chi connectivity index (χ1) is 14.3. The summed E-state index contributed by atoms with van der Waals surface area (Å²) in [4.78, 5) is 12.1. The number of hydrogen-bond acceptors (Lipinski definition) is 6. The monoisotopic (exact) mass is 413 g/mol. The minimum atomic E-state index is -0.732. The summed E-state index contributed by atoms with van der Waals surface area (Å²) in [6.45, 7) is 7.12. The second-order valence-corrected chi connectivity index (χ2v) is 7.42. The van der Waals surface area contributed by atoms with E-state index in [1.807, 2.05) is 13.8 Å². The average molecular weight is 413 g/mol. The third-order valence-corrected chi connectivity index (χ3v) is 4.43. The third kappa shape index (κ3) is 4.80. The van der Waals surface area contributed by atoms with Crippen molar-refractivity contribution < 1.29 is 19.0 Å². The number of rotatable bonds is 6. The summed E-state index contributed by atoms with van der Waals surface area (Å²) < 4.78 is 21.6. The predicted octanol–water partition coefficient (Wildman–Crippen LogP) is 3.37. The Morgan fingerprint density at radius 3 is 2.67 bits per heavy atom. The number of nitrogens with one attached hydrogen (secondary N) is 1. The molecule has 0 saturated carbocycles. The standard InChI is InChI=1S/C21H24FN5O3/c1-12(2)20-24-25-26-27(20)16-8-15(18-6-5-13(3)7-19(18)22)9-17(10-16)30-21(29)23-14(4)11-28/h5-10,12,14,28H,11H2,1-4H3,(H,23,29)/t14-/m0/s1. The molecule has 0 fully saturated rings. The molecule has 0 spiro atoms. The van der Waals surface area contributed by atoms with Crippen molar-refractivity contribution in [3.63, 3.8) is 0 Å². The molecule has 8 nitrogen and oxygen atoms in total. The molecule has 1 heterocycles. The van der Waals surface area contributed by atoms with E-state index >= 15 is 0 Å². The van der Waals surface area contributed by atoms with Crippen molar-refractivity contribution >= 4 is 6.09 Å². The Labute approximate surface area is 173 Å². The van der Waals surface area contributed by atoms with Gasteiger partial charge in [-0.3, -0.25) is 0 Å². The highest BCUT2D eigenvalue weighted by Crippen LogP contribution is 2.31. The van der Waals surface area contributed by atoms with Crippen LogP contribution in [0.15, 0.2) is 36.4 Å².